The van der Waals surface area contributed by atoms with Gasteiger partial charge in [0.15, 0.2) is 0 Å². The Hall–Kier alpha value is -1.55. The zero-order chi connectivity index (χ0) is 16.4. The second kappa shape index (κ2) is 10.2. The van der Waals surface area contributed by atoms with E-state index in [-0.39, 0.29) is 11.7 Å². The van der Waals surface area contributed by atoms with Gasteiger partial charge in [0.2, 0.25) is 0 Å². The number of aryl methyl sites for hydroxylation is 1. The highest BCUT2D eigenvalue weighted by molar-refractivity contribution is 5.91. The molecule has 4 nitrogen and oxygen atoms in total. The molecule has 1 N–H and O–H groups in total. The number of hydrogen-bond donors (Lipinski definition) is 1. The van der Waals surface area contributed by atoms with Crippen LogP contribution in [0.2, 0.25) is 0 Å². The van der Waals surface area contributed by atoms with Crippen LogP contribution in [0, 0.1) is 6.92 Å². The van der Waals surface area contributed by atoms with Crippen molar-refractivity contribution in [1.29, 1.82) is 0 Å². The van der Waals surface area contributed by atoms with E-state index in [2.05, 4.69) is 18.7 Å². The topological polar surface area (TPSA) is 49.8 Å². The molecule has 0 spiro atoms. The van der Waals surface area contributed by atoms with Crippen LogP contribution >= 0.6 is 0 Å². The summed E-state index contributed by atoms with van der Waals surface area (Å²) < 4.78 is 5.38. The zero-order valence-electron chi connectivity index (χ0n) is 14.1. The van der Waals surface area contributed by atoms with Gasteiger partial charge in [-0.2, -0.15) is 0 Å². The van der Waals surface area contributed by atoms with Gasteiger partial charge in [0.1, 0.15) is 12.4 Å². The molecule has 4 heteroatoms. The van der Waals surface area contributed by atoms with Crippen molar-refractivity contribution in [3.63, 3.8) is 0 Å². The average molecular weight is 307 g/mol. The first-order chi connectivity index (χ1) is 10.6. The van der Waals surface area contributed by atoms with Crippen molar-refractivity contribution in [1.82, 2.24) is 4.90 Å². The smallest absolute Gasteiger partial charge is 0.338 e. The fourth-order valence-corrected chi connectivity index (χ4v) is 2.32. The Balaban J connectivity index is 2.44. The van der Waals surface area contributed by atoms with Crippen LogP contribution in [-0.4, -0.2) is 42.2 Å². The first-order valence-electron chi connectivity index (χ1n) is 8.27. The predicted octanol–water partition coefficient (Wildman–Crippen LogP) is 3.76. The standard InChI is InChI=1S/C18H29NO3/c1-4-6-10-19(11-7-5-2)12-13-22-18(21)17-9-8-16(20)14-15(17)3/h8-9,14,20H,4-7,10-13H2,1-3H3. The highest BCUT2D eigenvalue weighted by Crippen LogP contribution is 2.16. The van der Waals surface area contributed by atoms with E-state index in [4.69, 9.17) is 4.74 Å². The molecular formula is C18H29NO3. The number of rotatable bonds is 10. The summed E-state index contributed by atoms with van der Waals surface area (Å²) in [5, 5.41) is 9.37. The zero-order valence-corrected chi connectivity index (χ0v) is 14.1. The van der Waals surface area contributed by atoms with Crippen LogP contribution in [0.3, 0.4) is 0 Å². The van der Waals surface area contributed by atoms with Crippen LogP contribution in [0.4, 0.5) is 0 Å². The first-order valence-corrected chi connectivity index (χ1v) is 8.27. The fraction of sp³-hybridized carbons (Fsp3) is 0.611. The van der Waals surface area contributed by atoms with Gasteiger partial charge in [0.05, 0.1) is 5.56 Å². The molecule has 22 heavy (non-hydrogen) atoms. The van der Waals surface area contributed by atoms with Crippen molar-refractivity contribution < 1.29 is 14.6 Å². The molecule has 1 aromatic rings. The Morgan fingerprint density at radius 1 is 1.14 bits per heavy atom. The van der Waals surface area contributed by atoms with E-state index in [9.17, 15) is 9.90 Å². The summed E-state index contributed by atoms with van der Waals surface area (Å²) in [6, 6.07) is 4.70. The minimum absolute atomic E-state index is 0.166. The molecule has 0 radical (unpaired) electrons. The molecule has 0 unspecified atom stereocenters. The van der Waals surface area contributed by atoms with Crippen LogP contribution in [0.1, 0.15) is 55.5 Å². The summed E-state index contributed by atoms with van der Waals surface area (Å²) >= 11 is 0. The molecule has 1 rings (SSSR count). The lowest BCUT2D eigenvalue weighted by Crippen LogP contribution is -2.30. The van der Waals surface area contributed by atoms with Crippen LogP contribution in [0.15, 0.2) is 18.2 Å². The van der Waals surface area contributed by atoms with Gasteiger partial charge >= 0.3 is 5.97 Å². The molecule has 1 aromatic carbocycles. The van der Waals surface area contributed by atoms with Gasteiger partial charge in [-0.1, -0.05) is 26.7 Å². The number of hydrogen-bond acceptors (Lipinski definition) is 4. The van der Waals surface area contributed by atoms with Gasteiger partial charge < -0.3 is 9.84 Å². The second-order valence-electron chi connectivity index (χ2n) is 5.68. The number of aromatic hydroxyl groups is 1. The Labute approximate surface area is 134 Å². The number of phenols is 1. The number of benzene rings is 1. The third kappa shape index (κ3) is 6.48. The van der Waals surface area contributed by atoms with Crippen molar-refractivity contribution in [3.05, 3.63) is 29.3 Å². The highest BCUT2D eigenvalue weighted by Gasteiger charge is 2.12. The highest BCUT2D eigenvalue weighted by atomic mass is 16.5. The fourth-order valence-electron chi connectivity index (χ4n) is 2.32. The summed E-state index contributed by atoms with van der Waals surface area (Å²) in [7, 11) is 0. The Morgan fingerprint density at radius 2 is 1.77 bits per heavy atom. The molecule has 0 saturated heterocycles. The summed E-state index contributed by atoms with van der Waals surface area (Å²) in [6.07, 6.45) is 4.70. The first kappa shape index (κ1) is 18.5. The number of nitrogens with zero attached hydrogens (tertiary/aromatic N) is 1. The minimum atomic E-state index is -0.316. The minimum Gasteiger partial charge on any atom is -0.508 e. The Bertz CT molecular complexity index is 452. The lowest BCUT2D eigenvalue weighted by Gasteiger charge is -2.21. The number of esters is 1. The molecule has 0 aliphatic heterocycles. The van der Waals surface area contributed by atoms with Gasteiger partial charge in [-0.3, -0.25) is 4.90 Å². The molecule has 0 bridgehead atoms. The number of carbonyl (C=O) groups is 1. The van der Waals surface area contributed by atoms with Crippen LogP contribution in [0.5, 0.6) is 5.75 Å². The van der Waals surface area contributed by atoms with Crippen molar-refractivity contribution in [3.8, 4) is 5.75 Å². The van der Waals surface area contributed by atoms with Crippen molar-refractivity contribution in [2.45, 2.75) is 46.5 Å². The third-order valence-electron chi connectivity index (χ3n) is 3.73. The molecular weight excluding hydrogens is 278 g/mol. The molecule has 0 aromatic heterocycles. The van der Waals surface area contributed by atoms with E-state index in [0.29, 0.717) is 12.2 Å². The van der Waals surface area contributed by atoms with Gasteiger partial charge in [0.25, 0.3) is 0 Å². The van der Waals surface area contributed by atoms with E-state index >= 15 is 0 Å². The summed E-state index contributed by atoms with van der Waals surface area (Å²) in [6.45, 7) is 9.48. The van der Waals surface area contributed by atoms with Gasteiger partial charge in [-0.25, -0.2) is 4.79 Å². The monoisotopic (exact) mass is 307 g/mol. The van der Waals surface area contributed by atoms with E-state index in [0.717, 1.165) is 25.2 Å². The molecule has 0 aliphatic rings. The largest absolute Gasteiger partial charge is 0.508 e. The third-order valence-corrected chi connectivity index (χ3v) is 3.73. The maximum atomic E-state index is 12.1. The number of carbonyl (C=O) groups excluding carboxylic acids is 1. The molecule has 124 valence electrons. The number of unbranched alkanes of at least 4 members (excludes halogenated alkanes) is 2. The molecule has 0 amide bonds. The quantitative estimate of drug-likeness (QED) is 0.669. The van der Waals surface area contributed by atoms with E-state index in [1.165, 1.54) is 31.7 Å². The van der Waals surface area contributed by atoms with Crippen LogP contribution in [0.25, 0.3) is 0 Å². The SMILES string of the molecule is CCCCN(CCCC)CCOC(=O)c1ccc(O)cc1C. The lowest BCUT2D eigenvalue weighted by atomic mass is 10.1. The summed E-state index contributed by atoms with van der Waals surface area (Å²) in [5.41, 5.74) is 1.25. The van der Waals surface area contributed by atoms with Crippen molar-refractivity contribution in [2.75, 3.05) is 26.2 Å². The lowest BCUT2D eigenvalue weighted by molar-refractivity contribution is 0.0459. The molecule has 0 saturated carbocycles. The van der Waals surface area contributed by atoms with E-state index in [1.54, 1.807) is 19.1 Å². The second-order valence-corrected chi connectivity index (χ2v) is 5.68. The maximum Gasteiger partial charge on any atom is 0.338 e. The molecule has 0 atom stereocenters. The summed E-state index contributed by atoms with van der Waals surface area (Å²) in [5.74, 6) is -0.150. The van der Waals surface area contributed by atoms with Gasteiger partial charge in [-0.15, -0.1) is 0 Å². The summed E-state index contributed by atoms with van der Waals surface area (Å²) in [4.78, 5) is 14.4. The number of ether oxygens (including phenoxy) is 1. The van der Waals surface area contributed by atoms with Crippen molar-refractivity contribution >= 4 is 5.97 Å². The average Bonchev–Trinajstić information content (AvgIpc) is 2.49. The Kier molecular flexibility index (Phi) is 8.60. The molecule has 0 fully saturated rings. The maximum absolute atomic E-state index is 12.1. The molecule has 0 heterocycles. The molecule has 0 aliphatic carbocycles. The van der Waals surface area contributed by atoms with E-state index < -0.39 is 0 Å². The van der Waals surface area contributed by atoms with E-state index in [1.807, 2.05) is 0 Å². The predicted molar refractivity (Wildman–Crippen MR) is 89.4 cm³/mol. The van der Waals surface area contributed by atoms with Crippen molar-refractivity contribution in [2.24, 2.45) is 0 Å². The normalized spacial score (nSPS) is 10.9. The van der Waals surface area contributed by atoms with Gasteiger partial charge in [-0.05, 0) is 56.6 Å². The van der Waals surface area contributed by atoms with Crippen LogP contribution < -0.4 is 0 Å². The number of phenolic OH excluding ortho intramolecular Hbond substituents is 1. The Morgan fingerprint density at radius 3 is 2.32 bits per heavy atom. The van der Waals surface area contributed by atoms with Crippen LogP contribution in [-0.2, 0) is 4.74 Å². The van der Waals surface area contributed by atoms with Gasteiger partial charge in [0, 0.05) is 6.54 Å².